The Labute approximate surface area is 149 Å². The molecule has 3 aromatic rings. The summed E-state index contributed by atoms with van der Waals surface area (Å²) in [6.07, 6.45) is 2.21. The van der Waals surface area contributed by atoms with Gasteiger partial charge in [-0.2, -0.15) is 0 Å². The lowest BCUT2D eigenvalue weighted by molar-refractivity contribution is -0.117. The van der Waals surface area contributed by atoms with E-state index < -0.39 is 0 Å². The molecule has 0 unspecified atom stereocenters. The quantitative estimate of drug-likeness (QED) is 0.776. The molecule has 25 heavy (non-hydrogen) atoms. The fraction of sp³-hybridized carbons (Fsp3) is 0.389. The number of aryl methyl sites for hydroxylation is 1. The van der Waals surface area contributed by atoms with Gasteiger partial charge in [0.05, 0.1) is 21.8 Å². The number of para-hydroxylation sites is 1. The number of nitrogens with one attached hydrogen (secondary N) is 1. The van der Waals surface area contributed by atoms with Gasteiger partial charge in [0.2, 0.25) is 5.91 Å². The maximum atomic E-state index is 12.2. The molecule has 7 heteroatoms. The Morgan fingerprint density at radius 3 is 3.12 bits per heavy atom. The Hall–Kier alpha value is -2.25. The monoisotopic (exact) mass is 356 g/mol. The third-order valence-corrected chi connectivity index (χ3v) is 5.63. The van der Waals surface area contributed by atoms with Crippen molar-refractivity contribution < 1.29 is 9.32 Å². The number of carbonyl (C=O) groups is 1. The van der Waals surface area contributed by atoms with E-state index in [1.54, 1.807) is 24.3 Å². The maximum absolute atomic E-state index is 12.2. The molecule has 0 saturated carbocycles. The van der Waals surface area contributed by atoms with Crippen molar-refractivity contribution in [1.29, 1.82) is 0 Å². The number of likely N-dealkylation sites (tertiary alicyclic amines) is 1. The van der Waals surface area contributed by atoms with E-state index in [4.69, 9.17) is 9.51 Å². The number of rotatable bonds is 4. The van der Waals surface area contributed by atoms with Crippen molar-refractivity contribution >= 4 is 33.3 Å². The van der Waals surface area contributed by atoms with Gasteiger partial charge in [0.1, 0.15) is 5.76 Å². The summed E-state index contributed by atoms with van der Waals surface area (Å²) in [4.78, 5) is 19.2. The zero-order chi connectivity index (χ0) is 17.2. The van der Waals surface area contributed by atoms with Crippen LogP contribution in [-0.2, 0) is 4.79 Å². The number of thiazole rings is 1. The molecule has 6 nitrogen and oxygen atoms in total. The van der Waals surface area contributed by atoms with Crippen molar-refractivity contribution in [3.8, 4) is 0 Å². The lowest BCUT2D eigenvalue weighted by atomic mass is 9.99. The Balaban J connectivity index is 1.39. The molecule has 1 aliphatic rings. The van der Waals surface area contributed by atoms with E-state index in [1.165, 1.54) is 9.71 Å². The standard InChI is InChI=1S/C18H20N4O2S/c1-12-9-16(21-24-12)20-17(23)11-22-8-4-5-13(10-22)18-19-14-6-2-3-7-15(14)25-18/h2-3,6-7,9,13H,4-5,8,10-11H2,1H3,(H,20,21,23)/t13-/m0/s1. The number of amides is 1. The first-order chi connectivity index (χ1) is 12.2. The van der Waals surface area contributed by atoms with Crippen LogP contribution in [0, 0.1) is 6.92 Å². The van der Waals surface area contributed by atoms with Gasteiger partial charge in [-0.1, -0.05) is 17.3 Å². The highest BCUT2D eigenvalue weighted by Crippen LogP contribution is 2.32. The van der Waals surface area contributed by atoms with Crippen molar-refractivity contribution in [2.75, 3.05) is 25.0 Å². The highest BCUT2D eigenvalue weighted by atomic mass is 32.1. The summed E-state index contributed by atoms with van der Waals surface area (Å²) in [5, 5.41) is 7.77. The molecule has 130 valence electrons. The molecular weight excluding hydrogens is 336 g/mol. The minimum absolute atomic E-state index is 0.0572. The average molecular weight is 356 g/mol. The summed E-state index contributed by atoms with van der Waals surface area (Å²) in [5.74, 6) is 1.50. The molecule has 0 radical (unpaired) electrons. The van der Waals surface area contributed by atoms with Crippen LogP contribution < -0.4 is 5.32 Å². The summed E-state index contributed by atoms with van der Waals surface area (Å²) in [6.45, 7) is 3.97. The first-order valence-electron chi connectivity index (χ1n) is 8.48. The van der Waals surface area contributed by atoms with E-state index in [0.717, 1.165) is 31.4 Å². The summed E-state index contributed by atoms with van der Waals surface area (Å²) in [6, 6.07) is 9.97. The molecule has 0 aliphatic carbocycles. The molecule has 3 heterocycles. The Kier molecular flexibility index (Phi) is 4.50. The zero-order valence-electron chi connectivity index (χ0n) is 14.1. The van der Waals surface area contributed by atoms with Crippen molar-refractivity contribution in [2.45, 2.75) is 25.7 Å². The normalized spacial score (nSPS) is 18.5. The highest BCUT2D eigenvalue weighted by Gasteiger charge is 2.25. The number of benzene rings is 1. The molecule has 1 aromatic carbocycles. The van der Waals surface area contributed by atoms with E-state index in [9.17, 15) is 4.79 Å². The van der Waals surface area contributed by atoms with E-state index in [1.807, 2.05) is 12.1 Å². The third kappa shape index (κ3) is 3.72. The van der Waals surface area contributed by atoms with Crippen LogP contribution in [-0.4, -0.2) is 40.6 Å². The second kappa shape index (κ2) is 6.93. The van der Waals surface area contributed by atoms with Crippen LogP contribution in [0.5, 0.6) is 0 Å². The minimum atomic E-state index is -0.0572. The summed E-state index contributed by atoms with van der Waals surface area (Å²) < 4.78 is 6.20. The minimum Gasteiger partial charge on any atom is -0.360 e. The number of nitrogens with zero attached hydrogens (tertiary/aromatic N) is 3. The van der Waals surface area contributed by atoms with Gasteiger partial charge in [0.25, 0.3) is 0 Å². The van der Waals surface area contributed by atoms with Gasteiger partial charge in [0, 0.05) is 18.5 Å². The SMILES string of the molecule is Cc1cc(NC(=O)CN2CCC[C@H](c3nc4ccccc4s3)C2)no1. The average Bonchev–Trinajstić information content (AvgIpc) is 3.21. The van der Waals surface area contributed by atoms with Gasteiger partial charge in [-0.15, -0.1) is 11.3 Å². The predicted octanol–water partition coefficient (Wildman–Crippen LogP) is 3.41. The fourth-order valence-corrected chi connectivity index (χ4v) is 4.37. The molecule has 2 aromatic heterocycles. The number of fused-ring (bicyclic) bond motifs is 1. The lowest BCUT2D eigenvalue weighted by Gasteiger charge is -2.31. The molecule has 0 spiro atoms. The van der Waals surface area contributed by atoms with Crippen molar-refractivity contribution in [1.82, 2.24) is 15.0 Å². The van der Waals surface area contributed by atoms with E-state index >= 15 is 0 Å². The van der Waals surface area contributed by atoms with Gasteiger partial charge < -0.3 is 9.84 Å². The van der Waals surface area contributed by atoms with E-state index in [2.05, 4.69) is 27.5 Å². The van der Waals surface area contributed by atoms with Crippen LogP contribution >= 0.6 is 11.3 Å². The van der Waals surface area contributed by atoms with Crippen LogP contribution in [0.3, 0.4) is 0 Å². The number of piperidine rings is 1. The third-order valence-electron chi connectivity index (χ3n) is 4.43. The molecule has 1 aliphatic heterocycles. The van der Waals surface area contributed by atoms with E-state index in [0.29, 0.717) is 24.0 Å². The van der Waals surface area contributed by atoms with Gasteiger partial charge in [-0.25, -0.2) is 4.98 Å². The summed E-state index contributed by atoms with van der Waals surface area (Å²) in [7, 11) is 0. The van der Waals surface area contributed by atoms with Crippen LogP contribution in [0.4, 0.5) is 5.82 Å². The molecule has 1 amide bonds. The summed E-state index contributed by atoms with van der Waals surface area (Å²) in [5.41, 5.74) is 1.07. The fourth-order valence-electron chi connectivity index (χ4n) is 3.28. The van der Waals surface area contributed by atoms with Gasteiger partial charge >= 0.3 is 0 Å². The number of hydrogen-bond donors (Lipinski definition) is 1. The number of aromatic nitrogens is 2. The van der Waals surface area contributed by atoms with Crippen molar-refractivity contribution in [2.24, 2.45) is 0 Å². The second-order valence-corrected chi connectivity index (χ2v) is 7.53. The van der Waals surface area contributed by atoms with Crippen LogP contribution in [0.15, 0.2) is 34.9 Å². The molecule has 4 rings (SSSR count). The highest BCUT2D eigenvalue weighted by molar-refractivity contribution is 7.18. The maximum Gasteiger partial charge on any atom is 0.239 e. The van der Waals surface area contributed by atoms with Gasteiger partial charge in [-0.05, 0) is 38.4 Å². The van der Waals surface area contributed by atoms with Crippen molar-refractivity contribution in [3.05, 3.63) is 41.1 Å². The predicted molar refractivity (Wildman–Crippen MR) is 97.9 cm³/mol. The molecule has 1 fully saturated rings. The Morgan fingerprint density at radius 2 is 2.32 bits per heavy atom. The first kappa shape index (κ1) is 16.2. The smallest absolute Gasteiger partial charge is 0.239 e. The van der Waals surface area contributed by atoms with Crippen LogP contribution in [0.2, 0.25) is 0 Å². The zero-order valence-corrected chi connectivity index (χ0v) is 14.9. The Bertz CT molecular complexity index is 855. The molecule has 0 bridgehead atoms. The van der Waals surface area contributed by atoms with Gasteiger partial charge in [0.15, 0.2) is 5.82 Å². The van der Waals surface area contributed by atoms with Gasteiger partial charge in [-0.3, -0.25) is 9.69 Å². The Morgan fingerprint density at radius 1 is 1.44 bits per heavy atom. The molecule has 1 atom stereocenters. The van der Waals surface area contributed by atoms with Crippen LogP contribution in [0.25, 0.3) is 10.2 Å². The van der Waals surface area contributed by atoms with Crippen LogP contribution in [0.1, 0.15) is 29.5 Å². The number of carbonyl (C=O) groups excluding carboxylic acids is 1. The number of anilines is 1. The largest absolute Gasteiger partial charge is 0.360 e. The second-order valence-electron chi connectivity index (χ2n) is 6.47. The van der Waals surface area contributed by atoms with Crippen molar-refractivity contribution in [3.63, 3.8) is 0 Å². The number of hydrogen-bond acceptors (Lipinski definition) is 6. The first-order valence-corrected chi connectivity index (χ1v) is 9.30. The summed E-state index contributed by atoms with van der Waals surface area (Å²) >= 11 is 1.77. The molecule has 1 saturated heterocycles. The topological polar surface area (TPSA) is 71.3 Å². The van der Waals surface area contributed by atoms with E-state index in [-0.39, 0.29) is 5.91 Å². The molecular formula is C18H20N4O2S. The lowest BCUT2D eigenvalue weighted by Crippen LogP contribution is -2.39. The molecule has 1 N–H and O–H groups in total.